The molecule has 2 amide bonds. The van der Waals surface area contributed by atoms with E-state index in [-0.39, 0.29) is 18.4 Å². The molecular weight excluding hydrogens is 357 g/mol. The average Bonchev–Trinajstić information content (AvgIpc) is 2.67. The average molecular weight is 385 g/mol. The lowest BCUT2D eigenvalue weighted by Crippen LogP contribution is -2.43. The van der Waals surface area contributed by atoms with Gasteiger partial charge >= 0.3 is 0 Å². The van der Waals surface area contributed by atoms with Gasteiger partial charge in [-0.1, -0.05) is 38.1 Å². The standard InChI is InChI=1S/C22H28FN3O2/c1-5-16-9-7-10-17(6-2)21(16)25-22(28)15(3)26(4)14-20(27)24-19-12-8-11-18(23)13-19/h7-13,15H,5-6,14H2,1-4H3,(H,24,27)(H,25,28). The van der Waals surface area contributed by atoms with Crippen LogP contribution < -0.4 is 10.6 Å². The van der Waals surface area contributed by atoms with E-state index in [0.717, 1.165) is 29.7 Å². The number of nitrogens with zero attached hydrogens (tertiary/aromatic N) is 1. The van der Waals surface area contributed by atoms with E-state index in [9.17, 15) is 14.0 Å². The fraction of sp³-hybridized carbons (Fsp3) is 0.364. The third kappa shape index (κ3) is 5.63. The van der Waals surface area contributed by atoms with Crippen LogP contribution in [0.2, 0.25) is 0 Å². The molecule has 5 nitrogen and oxygen atoms in total. The third-order valence-electron chi connectivity index (χ3n) is 4.79. The summed E-state index contributed by atoms with van der Waals surface area (Å²) >= 11 is 0. The Morgan fingerprint density at radius 3 is 2.21 bits per heavy atom. The lowest BCUT2D eigenvalue weighted by molar-refractivity contribution is -0.122. The number of anilines is 2. The second-order valence-electron chi connectivity index (χ2n) is 6.80. The van der Waals surface area contributed by atoms with Crippen LogP contribution in [0.25, 0.3) is 0 Å². The molecule has 0 saturated heterocycles. The van der Waals surface area contributed by atoms with Gasteiger partial charge < -0.3 is 10.6 Å². The van der Waals surface area contributed by atoms with Gasteiger partial charge in [-0.25, -0.2) is 4.39 Å². The van der Waals surface area contributed by atoms with E-state index in [0.29, 0.717) is 5.69 Å². The second kappa shape index (κ2) is 9.99. The molecule has 6 heteroatoms. The number of aryl methyl sites for hydroxylation is 2. The monoisotopic (exact) mass is 385 g/mol. The van der Waals surface area contributed by atoms with Crippen molar-refractivity contribution >= 4 is 23.2 Å². The van der Waals surface area contributed by atoms with Gasteiger partial charge in [-0.2, -0.15) is 0 Å². The van der Waals surface area contributed by atoms with Gasteiger partial charge in [0.05, 0.1) is 12.6 Å². The minimum atomic E-state index is -0.507. The summed E-state index contributed by atoms with van der Waals surface area (Å²) in [6.07, 6.45) is 1.65. The van der Waals surface area contributed by atoms with Crippen LogP contribution in [0.5, 0.6) is 0 Å². The molecule has 0 fully saturated rings. The zero-order valence-electron chi connectivity index (χ0n) is 16.9. The molecule has 0 aliphatic carbocycles. The molecule has 0 radical (unpaired) electrons. The smallest absolute Gasteiger partial charge is 0.241 e. The van der Waals surface area contributed by atoms with Crippen molar-refractivity contribution in [3.63, 3.8) is 0 Å². The van der Waals surface area contributed by atoms with Gasteiger partial charge in [0, 0.05) is 11.4 Å². The maximum atomic E-state index is 13.2. The number of likely N-dealkylation sites (N-methyl/N-ethyl adjacent to an activating group) is 1. The number of carbonyl (C=O) groups excluding carboxylic acids is 2. The summed E-state index contributed by atoms with van der Waals surface area (Å²) in [7, 11) is 1.71. The van der Waals surface area contributed by atoms with Gasteiger partial charge in [0.25, 0.3) is 0 Å². The Hall–Kier alpha value is -2.73. The highest BCUT2D eigenvalue weighted by atomic mass is 19.1. The Kier molecular flexibility index (Phi) is 7.70. The fourth-order valence-electron chi connectivity index (χ4n) is 2.96. The van der Waals surface area contributed by atoms with Crippen LogP contribution in [0.4, 0.5) is 15.8 Å². The molecule has 1 atom stereocenters. The first-order valence-electron chi connectivity index (χ1n) is 9.53. The Labute approximate surface area is 165 Å². The van der Waals surface area contributed by atoms with Gasteiger partial charge in [-0.3, -0.25) is 14.5 Å². The molecular formula is C22H28FN3O2. The lowest BCUT2D eigenvalue weighted by atomic mass is 10.0. The van der Waals surface area contributed by atoms with Crippen molar-refractivity contribution in [2.75, 3.05) is 24.2 Å². The second-order valence-corrected chi connectivity index (χ2v) is 6.80. The molecule has 2 aromatic carbocycles. The molecule has 28 heavy (non-hydrogen) atoms. The molecule has 0 heterocycles. The number of hydrogen-bond donors (Lipinski definition) is 2. The summed E-state index contributed by atoms with van der Waals surface area (Å²) in [6, 6.07) is 11.2. The third-order valence-corrected chi connectivity index (χ3v) is 4.79. The van der Waals surface area contributed by atoms with Gasteiger partial charge in [-0.15, -0.1) is 0 Å². The molecule has 1 unspecified atom stereocenters. The van der Waals surface area contributed by atoms with Crippen molar-refractivity contribution in [3.8, 4) is 0 Å². The van der Waals surface area contributed by atoms with Crippen LogP contribution in [0.3, 0.4) is 0 Å². The Balaban J connectivity index is 2.00. The number of para-hydroxylation sites is 1. The largest absolute Gasteiger partial charge is 0.325 e. The summed E-state index contributed by atoms with van der Waals surface area (Å²) in [6.45, 7) is 5.87. The van der Waals surface area contributed by atoms with Crippen molar-refractivity contribution in [3.05, 3.63) is 59.4 Å². The summed E-state index contributed by atoms with van der Waals surface area (Å²) < 4.78 is 13.2. The molecule has 0 saturated carbocycles. The lowest BCUT2D eigenvalue weighted by Gasteiger charge is -2.24. The van der Waals surface area contributed by atoms with Gasteiger partial charge in [0.1, 0.15) is 5.82 Å². The SMILES string of the molecule is CCc1cccc(CC)c1NC(=O)C(C)N(C)CC(=O)Nc1cccc(F)c1. The number of carbonyl (C=O) groups is 2. The summed E-state index contributed by atoms with van der Waals surface area (Å²) in [5, 5.41) is 5.67. The minimum Gasteiger partial charge on any atom is -0.325 e. The van der Waals surface area contributed by atoms with E-state index in [1.165, 1.54) is 18.2 Å². The maximum absolute atomic E-state index is 13.2. The topological polar surface area (TPSA) is 61.4 Å². The van der Waals surface area contributed by atoms with E-state index >= 15 is 0 Å². The number of nitrogens with one attached hydrogen (secondary N) is 2. The van der Waals surface area contributed by atoms with E-state index in [1.54, 1.807) is 24.9 Å². The first-order valence-corrected chi connectivity index (χ1v) is 9.53. The van der Waals surface area contributed by atoms with Gasteiger partial charge in [0.2, 0.25) is 11.8 Å². The Morgan fingerprint density at radius 2 is 1.64 bits per heavy atom. The van der Waals surface area contributed by atoms with Crippen molar-refractivity contribution in [1.29, 1.82) is 0 Å². The van der Waals surface area contributed by atoms with Crippen LogP contribution in [-0.4, -0.2) is 36.3 Å². The van der Waals surface area contributed by atoms with Crippen LogP contribution in [0.15, 0.2) is 42.5 Å². The van der Waals surface area contributed by atoms with Crippen LogP contribution in [0.1, 0.15) is 31.9 Å². The van der Waals surface area contributed by atoms with E-state index < -0.39 is 11.9 Å². The summed E-state index contributed by atoms with van der Waals surface area (Å²) in [5.74, 6) is -0.896. The molecule has 0 aromatic heterocycles. The van der Waals surface area contributed by atoms with Crippen molar-refractivity contribution in [2.45, 2.75) is 39.7 Å². The molecule has 0 aliphatic heterocycles. The van der Waals surface area contributed by atoms with Crippen LogP contribution >= 0.6 is 0 Å². The number of benzene rings is 2. The number of halogens is 1. The zero-order chi connectivity index (χ0) is 20.7. The molecule has 2 aromatic rings. The van der Waals surface area contributed by atoms with Crippen molar-refractivity contribution < 1.29 is 14.0 Å². The normalized spacial score (nSPS) is 11.9. The highest BCUT2D eigenvalue weighted by molar-refractivity contribution is 5.97. The Morgan fingerprint density at radius 1 is 1.04 bits per heavy atom. The molecule has 0 bridgehead atoms. The predicted molar refractivity (Wildman–Crippen MR) is 111 cm³/mol. The Bertz CT molecular complexity index is 816. The first kappa shape index (κ1) is 21.6. The maximum Gasteiger partial charge on any atom is 0.241 e. The first-order chi connectivity index (χ1) is 13.3. The van der Waals surface area contributed by atoms with Gasteiger partial charge in [0.15, 0.2) is 0 Å². The molecule has 2 rings (SSSR count). The van der Waals surface area contributed by atoms with E-state index in [1.807, 2.05) is 18.2 Å². The number of rotatable bonds is 8. The van der Waals surface area contributed by atoms with Crippen molar-refractivity contribution in [1.82, 2.24) is 4.90 Å². The number of amides is 2. The molecule has 0 spiro atoms. The molecule has 2 N–H and O–H groups in total. The highest BCUT2D eigenvalue weighted by Crippen LogP contribution is 2.23. The zero-order valence-corrected chi connectivity index (χ0v) is 16.9. The van der Waals surface area contributed by atoms with Gasteiger partial charge in [-0.05, 0) is 56.1 Å². The fourth-order valence-corrected chi connectivity index (χ4v) is 2.96. The predicted octanol–water partition coefficient (Wildman–Crippen LogP) is 3.85. The van der Waals surface area contributed by atoms with Crippen molar-refractivity contribution in [2.24, 2.45) is 0 Å². The number of hydrogen-bond acceptors (Lipinski definition) is 3. The summed E-state index contributed by atoms with van der Waals surface area (Å²) in [5.41, 5.74) is 3.43. The van der Waals surface area contributed by atoms with Crippen LogP contribution in [0, 0.1) is 5.82 Å². The molecule has 0 aliphatic rings. The minimum absolute atomic E-state index is 0.0150. The van der Waals surface area contributed by atoms with E-state index in [2.05, 4.69) is 24.5 Å². The highest BCUT2D eigenvalue weighted by Gasteiger charge is 2.21. The quantitative estimate of drug-likeness (QED) is 0.726. The van der Waals surface area contributed by atoms with Crippen LogP contribution in [-0.2, 0) is 22.4 Å². The molecule has 150 valence electrons. The van der Waals surface area contributed by atoms with E-state index in [4.69, 9.17) is 0 Å². The summed E-state index contributed by atoms with van der Waals surface area (Å²) in [4.78, 5) is 26.6.